The van der Waals surface area contributed by atoms with Gasteiger partial charge in [0.1, 0.15) is 0 Å². The van der Waals surface area contributed by atoms with E-state index < -0.39 is 9.84 Å². The molecule has 0 amide bonds. The van der Waals surface area contributed by atoms with Gasteiger partial charge in [-0.2, -0.15) is 5.10 Å². The molecular weight excluding hydrogens is 272 g/mol. The number of rotatable bonds is 4. The molecule has 2 aromatic rings. The summed E-state index contributed by atoms with van der Waals surface area (Å²) in [6.07, 6.45) is 3.43. The summed E-state index contributed by atoms with van der Waals surface area (Å²) in [5.74, 6) is -0.0226. The Morgan fingerprint density at radius 1 is 1.30 bits per heavy atom. The smallest absolute Gasteiger partial charge is 0.201 e. The van der Waals surface area contributed by atoms with Crippen LogP contribution in [0.3, 0.4) is 0 Å². The number of aryl methyl sites for hydroxylation is 2. The predicted octanol–water partition coefficient (Wildman–Crippen LogP) is 2.90. The van der Waals surface area contributed by atoms with Gasteiger partial charge in [-0.3, -0.25) is 5.10 Å². The van der Waals surface area contributed by atoms with E-state index in [-0.39, 0.29) is 10.8 Å². The average Bonchev–Trinajstić information content (AvgIpc) is 2.86. The van der Waals surface area contributed by atoms with Crippen LogP contribution < -0.4 is 0 Å². The maximum atomic E-state index is 12.1. The molecule has 0 spiro atoms. The van der Waals surface area contributed by atoms with E-state index in [1.807, 2.05) is 39.0 Å². The lowest BCUT2D eigenvalue weighted by Crippen LogP contribution is -2.08. The summed E-state index contributed by atoms with van der Waals surface area (Å²) in [5, 5.41) is 6.35. The minimum Gasteiger partial charge on any atom is -0.284 e. The second-order valence-corrected chi connectivity index (χ2v) is 6.96. The van der Waals surface area contributed by atoms with Crippen LogP contribution in [0.15, 0.2) is 41.1 Å². The Bertz CT molecular complexity index is 729. The molecule has 0 saturated heterocycles. The van der Waals surface area contributed by atoms with Crippen molar-refractivity contribution in [1.29, 1.82) is 0 Å². The van der Waals surface area contributed by atoms with E-state index in [1.54, 1.807) is 0 Å². The first-order chi connectivity index (χ1) is 9.38. The lowest BCUT2D eigenvalue weighted by Gasteiger charge is -2.05. The molecule has 0 fully saturated rings. The number of nitrogens with one attached hydrogen (secondary N) is 1. The van der Waals surface area contributed by atoms with Crippen LogP contribution in [-0.4, -0.2) is 24.4 Å². The van der Waals surface area contributed by atoms with Crippen molar-refractivity contribution < 1.29 is 8.42 Å². The molecule has 1 N–H and O–H groups in total. The zero-order valence-electron chi connectivity index (χ0n) is 11.8. The highest BCUT2D eigenvalue weighted by Crippen LogP contribution is 2.17. The molecule has 4 nitrogen and oxygen atoms in total. The second-order valence-electron chi connectivity index (χ2n) is 5.02. The minimum atomic E-state index is -3.37. The SMILES string of the molecule is CC(=Cc1ccc(C)cc1C)CS(=O)(=O)c1cc[nH]n1. The van der Waals surface area contributed by atoms with E-state index in [1.165, 1.54) is 17.8 Å². The second kappa shape index (κ2) is 5.63. The van der Waals surface area contributed by atoms with Crippen molar-refractivity contribution in [2.24, 2.45) is 0 Å². The number of hydrogen-bond donors (Lipinski definition) is 1. The van der Waals surface area contributed by atoms with Gasteiger partial charge in [-0.05, 0) is 38.0 Å². The van der Waals surface area contributed by atoms with Gasteiger partial charge in [-0.25, -0.2) is 8.42 Å². The van der Waals surface area contributed by atoms with Gasteiger partial charge in [0, 0.05) is 6.20 Å². The first kappa shape index (κ1) is 14.5. The Kier molecular flexibility index (Phi) is 4.09. The third-order valence-electron chi connectivity index (χ3n) is 3.04. The van der Waals surface area contributed by atoms with Crippen molar-refractivity contribution in [1.82, 2.24) is 10.2 Å². The quantitative estimate of drug-likeness (QED) is 0.941. The molecule has 0 saturated carbocycles. The number of aromatic amines is 1. The van der Waals surface area contributed by atoms with Crippen LogP contribution in [0.1, 0.15) is 23.6 Å². The fourth-order valence-corrected chi connectivity index (χ4v) is 3.39. The van der Waals surface area contributed by atoms with E-state index in [2.05, 4.69) is 16.3 Å². The first-order valence-corrected chi connectivity index (χ1v) is 8.01. The molecule has 0 aliphatic carbocycles. The summed E-state index contributed by atoms with van der Waals surface area (Å²) < 4.78 is 24.2. The van der Waals surface area contributed by atoms with Crippen LogP contribution in [-0.2, 0) is 9.84 Å². The van der Waals surface area contributed by atoms with Crippen LogP contribution in [0.2, 0.25) is 0 Å². The number of benzene rings is 1. The molecule has 0 atom stereocenters. The van der Waals surface area contributed by atoms with Crippen LogP contribution in [0, 0.1) is 13.8 Å². The Morgan fingerprint density at radius 3 is 2.65 bits per heavy atom. The van der Waals surface area contributed by atoms with Crippen molar-refractivity contribution in [3.63, 3.8) is 0 Å². The van der Waals surface area contributed by atoms with Gasteiger partial charge >= 0.3 is 0 Å². The van der Waals surface area contributed by atoms with Gasteiger partial charge in [0.05, 0.1) is 5.75 Å². The normalized spacial score (nSPS) is 12.7. The highest BCUT2D eigenvalue weighted by atomic mass is 32.2. The van der Waals surface area contributed by atoms with E-state index in [4.69, 9.17) is 0 Å². The van der Waals surface area contributed by atoms with Gasteiger partial charge in [0.25, 0.3) is 0 Å². The van der Waals surface area contributed by atoms with E-state index in [0.29, 0.717) is 0 Å². The van der Waals surface area contributed by atoms with Gasteiger partial charge in [0.15, 0.2) is 5.03 Å². The summed E-state index contributed by atoms with van der Waals surface area (Å²) in [6, 6.07) is 7.59. The van der Waals surface area contributed by atoms with Crippen LogP contribution >= 0.6 is 0 Å². The summed E-state index contributed by atoms with van der Waals surface area (Å²) >= 11 is 0. The zero-order valence-corrected chi connectivity index (χ0v) is 12.7. The van der Waals surface area contributed by atoms with Gasteiger partial charge < -0.3 is 0 Å². The molecule has 0 aliphatic rings. The molecule has 106 valence electrons. The maximum Gasteiger partial charge on any atom is 0.201 e. The molecule has 5 heteroatoms. The summed E-state index contributed by atoms with van der Waals surface area (Å²) in [6.45, 7) is 5.88. The Morgan fingerprint density at radius 2 is 2.05 bits per heavy atom. The number of nitrogens with zero attached hydrogens (tertiary/aromatic N) is 1. The number of sulfone groups is 1. The summed E-state index contributed by atoms with van der Waals surface area (Å²) in [4.78, 5) is 0. The highest BCUT2D eigenvalue weighted by molar-refractivity contribution is 7.91. The van der Waals surface area contributed by atoms with Crippen molar-refractivity contribution in [2.75, 3.05) is 5.75 Å². The molecule has 2 rings (SSSR count). The van der Waals surface area contributed by atoms with Crippen molar-refractivity contribution in [2.45, 2.75) is 25.8 Å². The standard InChI is InChI=1S/C15H18N2O2S/c1-11-4-5-14(13(3)8-11)9-12(2)10-20(18,19)15-6-7-16-17-15/h4-9H,10H2,1-3H3,(H,16,17). The Hall–Kier alpha value is -1.88. The van der Waals surface area contributed by atoms with E-state index in [0.717, 1.165) is 16.7 Å². The molecule has 20 heavy (non-hydrogen) atoms. The first-order valence-electron chi connectivity index (χ1n) is 6.35. The van der Waals surface area contributed by atoms with Crippen LogP contribution in [0.4, 0.5) is 0 Å². The molecule has 0 unspecified atom stereocenters. The molecule has 0 bridgehead atoms. The van der Waals surface area contributed by atoms with Crippen molar-refractivity contribution in [3.8, 4) is 0 Å². The fraction of sp³-hybridized carbons (Fsp3) is 0.267. The van der Waals surface area contributed by atoms with E-state index >= 15 is 0 Å². The van der Waals surface area contributed by atoms with Gasteiger partial charge in [0.2, 0.25) is 9.84 Å². The lowest BCUT2D eigenvalue weighted by atomic mass is 10.0. The van der Waals surface area contributed by atoms with E-state index in [9.17, 15) is 8.42 Å². The third kappa shape index (κ3) is 3.36. The van der Waals surface area contributed by atoms with Gasteiger partial charge in [-0.15, -0.1) is 0 Å². The average molecular weight is 290 g/mol. The Labute approximate surface area is 119 Å². The molecule has 1 aromatic heterocycles. The monoisotopic (exact) mass is 290 g/mol. The summed E-state index contributed by atoms with van der Waals surface area (Å²) in [5.41, 5.74) is 4.17. The third-order valence-corrected chi connectivity index (χ3v) is 4.74. The minimum absolute atomic E-state index is 0.0226. The van der Waals surface area contributed by atoms with Crippen LogP contribution in [0.5, 0.6) is 0 Å². The molecule has 1 aromatic carbocycles. The molecule has 0 radical (unpaired) electrons. The van der Waals surface area contributed by atoms with Crippen molar-refractivity contribution >= 4 is 15.9 Å². The zero-order chi connectivity index (χ0) is 14.8. The number of hydrogen-bond acceptors (Lipinski definition) is 3. The number of H-pyrrole nitrogens is 1. The Balaban J connectivity index is 2.24. The number of aromatic nitrogens is 2. The highest BCUT2D eigenvalue weighted by Gasteiger charge is 2.17. The summed E-state index contributed by atoms with van der Waals surface area (Å²) in [7, 11) is -3.37. The van der Waals surface area contributed by atoms with Crippen molar-refractivity contribution in [3.05, 3.63) is 52.7 Å². The van der Waals surface area contributed by atoms with Crippen LogP contribution in [0.25, 0.3) is 6.08 Å². The fourth-order valence-electron chi connectivity index (χ4n) is 2.09. The predicted molar refractivity (Wildman–Crippen MR) is 80.2 cm³/mol. The largest absolute Gasteiger partial charge is 0.284 e. The maximum absolute atomic E-state index is 12.1. The molecule has 1 heterocycles. The lowest BCUT2D eigenvalue weighted by molar-refractivity contribution is 0.594. The molecular formula is C15H18N2O2S. The van der Waals surface area contributed by atoms with Gasteiger partial charge in [-0.1, -0.05) is 35.4 Å². The topological polar surface area (TPSA) is 62.8 Å². The molecule has 0 aliphatic heterocycles.